The molecule has 3 nitrogen and oxygen atoms in total. The van der Waals surface area contributed by atoms with Crippen LogP contribution in [0.3, 0.4) is 0 Å². The summed E-state index contributed by atoms with van der Waals surface area (Å²) in [5.41, 5.74) is -0.0451. The normalized spacial score (nSPS) is 10.3. The Kier molecular flexibility index (Phi) is 3.79. The Morgan fingerprint density at radius 1 is 1.29 bits per heavy atom. The van der Waals surface area contributed by atoms with Crippen LogP contribution in [0, 0.1) is 11.6 Å². The molecule has 1 aromatic rings. The highest BCUT2D eigenvalue weighted by molar-refractivity contribution is 5.30. The van der Waals surface area contributed by atoms with Gasteiger partial charge in [-0.1, -0.05) is 0 Å². The lowest BCUT2D eigenvalue weighted by Gasteiger charge is -2.06. The first kappa shape index (κ1) is 10.9. The lowest BCUT2D eigenvalue weighted by Crippen LogP contribution is -2.07. The zero-order valence-corrected chi connectivity index (χ0v) is 7.72. The van der Waals surface area contributed by atoms with Crippen LogP contribution in [0.1, 0.15) is 5.56 Å². The zero-order chi connectivity index (χ0) is 10.6. The molecule has 0 atom stereocenters. The van der Waals surface area contributed by atoms with Crippen LogP contribution in [-0.2, 0) is 11.3 Å². The summed E-state index contributed by atoms with van der Waals surface area (Å²) < 4.78 is 31.1. The monoisotopic (exact) mass is 203 g/mol. The van der Waals surface area contributed by atoms with Gasteiger partial charge < -0.3 is 9.57 Å². The Labute approximate surface area is 80.4 Å². The molecule has 0 bridgehead atoms. The van der Waals surface area contributed by atoms with Gasteiger partial charge in [0.25, 0.3) is 0 Å². The Morgan fingerprint density at radius 2 is 1.86 bits per heavy atom. The standard InChI is InChI=1S/C9H11F2NO2/c1-13-6-4-8(10)7(2-3-14-12)9(11)5-6/h4-5H,2-3,12H2,1H3. The van der Waals surface area contributed by atoms with Crippen LogP contribution in [0.2, 0.25) is 0 Å². The van der Waals surface area contributed by atoms with Crippen LogP contribution in [-0.4, -0.2) is 13.7 Å². The molecule has 1 aromatic carbocycles. The van der Waals surface area contributed by atoms with Gasteiger partial charge in [-0.2, -0.15) is 0 Å². The van der Waals surface area contributed by atoms with Crippen molar-refractivity contribution >= 4 is 0 Å². The maximum Gasteiger partial charge on any atom is 0.133 e. The van der Waals surface area contributed by atoms with Crippen LogP contribution >= 0.6 is 0 Å². The molecule has 14 heavy (non-hydrogen) atoms. The molecule has 2 N–H and O–H groups in total. The highest BCUT2D eigenvalue weighted by Gasteiger charge is 2.11. The fraction of sp³-hybridized carbons (Fsp3) is 0.333. The average Bonchev–Trinajstić information content (AvgIpc) is 2.16. The van der Waals surface area contributed by atoms with E-state index in [1.807, 2.05) is 0 Å². The molecule has 5 heteroatoms. The van der Waals surface area contributed by atoms with Crippen molar-refractivity contribution in [1.82, 2.24) is 0 Å². The van der Waals surface area contributed by atoms with Crippen molar-refractivity contribution in [3.63, 3.8) is 0 Å². The summed E-state index contributed by atoms with van der Waals surface area (Å²) in [6.45, 7) is 0.0696. The summed E-state index contributed by atoms with van der Waals surface area (Å²) >= 11 is 0. The topological polar surface area (TPSA) is 44.5 Å². The van der Waals surface area contributed by atoms with Crippen molar-refractivity contribution in [2.24, 2.45) is 5.90 Å². The molecule has 0 aliphatic carbocycles. The minimum absolute atomic E-state index is 0.0451. The van der Waals surface area contributed by atoms with Crippen molar-refractivity contribution in [3.05, 3.63) is 29.3 Å². The molecule has 0 unspecified atom stereocenters. The minimum Gasteiger partial charge on any atom is -0.497 e. The molecule has 0 aliphatic heterocycles. The quantitative estimate of drug-likeness (QED) is 0.752. The Morgan fingerprint density at radius 3 is 2.29 bits per heavy atom. The van der Waals surface area contributed by atoms with Gasteiger partial charge in [0.2, 0.25) is 0 Å². The van der Waals surface area contributed by atoms with E-state index in [9.17, 15) is 8.78 Å². The van der Waals surface area contributed by atoms with Crippen molar-refractivity contribution in [2.75, 3.05) is 13.7 Å². The van der Waals surface area contributed by atoms with Gasteiger partial charge in [-0.05, 0) is 0 Å². The third-order valence-electron chi connectivity index (χ3n) is 1.82. The second kappa shape index (κ2) is 4.88. The smallest absolute Gasteiger partial charge is 0.133 e. The van der Waals surface area contributed by atoms with E-state index in [2.05, 4.69) is 4.84 Å². The summed E-state index contributed by atoms with van der Waals surface area (Å²) in [4.78, 5) is 4.25. The summed E-state index contributed by atoms with van der Waals surface area (Å²) in [5, 5.41) is 0. The van der Waals surface area contributed by atoms with E-state index in [1.54, 1.807) is 0 Å². The second-order valence-electron chi connectivity index (χ2n) is 2.69. The number of nitrogens with two attached hydrogens (primary N) is 1. The highest BCUT2D eigenvalue weighted by atomic mass is 19.1. The fourth-order valence-corrected chi connectivity index (χ4v) is 1.10. The van der Waals surface area contributed by atoms with Crippen molar-refractivity contribution in [1.29, 1.82) is 0 Å². The van der Waals surface area contributed by atoms with Gasteiger partial charge in [0, 0.05) is 24.1 Å². The maximum absolute atomic E-state index is 13.2. The molecule has 78 valence electrons. The van der Waals surface area contributed by atoms with E-state index in [4.69, 9.17) is 10.6 Å². The summed E-state index contributed by atoms with van der Waals surface area (Å²) in [6, 6.07) is 2.24. The molecular formula is C9H11F2NO2. The molecule has 0 amide bonds. The first-order chi connectivity index (χ1) is 6.69. The van der Waals surface area contributed by atoms with Crippen molar-refractivity contribution in [2.45, 2.75) is 6.42 Å². The fourth-order valence-electron chi connectivity index (χ4n) is 1.10. The molecule has 0 radical (unpaired) electrons. The molecule has 0 heterocycles. The van der Waals surface area contributed by atoms with E-state index in [1.165, 1.54) is 7.11 Å². The Balaban J connectivity index is 2.93. The van der Waals surface area contributed by atoms with Gasteiger partial charge in [-0.25, -0.2) is 14.7 Å². The number of benzene rings is 1. The molecule has 0 aromatic heterocycles. The van der Waals surface area contributed by atoms with E-state index in [0.717, 1.165) is 12.1 Å². The summed E-state index contributed by atoms with van der Waals surface area (Å²) in [5.74, 6) is 3.61. The number of ether oxygens (including phenoxy) is 1. The zero-order valence-electron chi connectivity index (χ0n) is 7.72. The highest BCUT2D eigenvalue weighted by Crippen LogP contribution is 2.20. The van der Waals surface area contributed by atoms with Gasteiger partial charge in [0.05, 0.1) is 13.7 Å². The first-order valence-electron chi connectivity index (χ1n) is 4.02. The number of methoxy groups -OCH3 is 1. The van der Waals surface area contributed by atoms with Crippen LogP contribution in [0.5, 0.6) is 5.75 Å². The summed E-state index contributed by atoms with van der Waals surface area (Å²) in [7, 11) is 1.34. The molecule has 1 rings (SSSR count). The largest absolute Gasteiger partial charge is 0.497 e. The van der Waals surface area contributed by atoms with Crippen molar-refractivity contribution in [3.8, 4) is 5.75 Å². The van der Waals surface area contributed by atoms with Crippen LogP contribution in [0.25, 0.3) is 0 Å². The molecular weight excluding hydrogens is 192 g/mol. The Hall–Kier alpha value is -1.20. The molecule has 0 spiro atoms. The van der Waals surface area contributed by atoms with Crippen LogP contribution < -0.4 is 10.6 Å². The van der Waals surface area contributed by atoms with Crippen LogP contribution in [0.15, 0.2) is 12.1 Å². The van der Waals surface area contributed by atoms with E-state index >= 15 is 0 Å². The third kappa shape index (κ3) is 2.40. The minimum atomic E-state index is -0.654. The van der Waals surface area contributed by atoms with E-state index < -0.39 is 11.6 Å². The molecule has 0 saturated heterocycles. The molecule has 0 fully saturated rings. The predicted molar refractivity (Wildman–Crippen MR) is 46.8 cm³/mol. The predicted octanol–water partition coefficient (Wildman–Crippen LogP) is 1.41. The number of hydrogen-bond acceptors (Lipinski definition) is 3. The van der Waals surface area contributed by atoms with Gasteiger partial charge in [-0.15, -0.1) is 0 Å². The lowest BCUT2D eigenvalue weighted by atomic mass is 10.1. The average molecular weight is 203 g/mol. The van der Waals surface area contributed by atoms with Gasteiger partial charge in [0.15, 0.2) is 0 Å². The van der Waals surface area contributed by atoms with Gasteiger partial charge in [-0.3, -0.25) is 0 Å². The maximum atomic E-state index is 13.2. The van der Waals surface area contributed by atoms with Crippen molar-refractivity contribution < 1.29 is 18.4 Å². The lowest BCUT2D eigenvalue weighted by molar-refractivity contribution is 0.140. The Bertz CT molecular complexity index is 295. The number of hydrogen-bond donors (Lipinski definition) is 1. The molecule has 0 aliphatic rings. The number of halogens is 2. The third-order valence-corrected chi connectivity index (χ3v) is 1.82. The second-order valence-corrected chi connectivity index (χ2v) is 2.69. The van der Waals surface area contributed by atoms with Gasteiger partial charge in [0.1, 0.15) is 17.4 Å². The number of rotatable bonds is 4. The SMILES string of the molecule is COc1cc(F)c(CCON)c(F)c1. The summed E-state index contributed by atoms with van der Waals surface area (Å²) in [6.07, 6.45) is 0.0954. The van der Waals surface area contributed by atoms with Crippen LogP contribution in [0.4, 0.5) is 8.78 Å². The van der Waals surface area contributed by atoms with E-state index in [0.29, 0.717) is 0 Å². The van der Waals surface area contributed by atoms with E-state index in [-0.39, 0.29) is 24.3 Å². The van der Waals surface area contributed by atoms with Gasteiger partial charge >= 0.3 is 0 Å². The molecule has 0 saturated carbocycles. The first-order valence-corrected chi connectivity index (χ1v) is 4.02.